The average Bonchev–Trinajstić information content (AvgIpc) is 3.06. The van der Waals surface area contributed by atoms with Gasteiger partial charge < -0.3 is 4.74 Å². The first-order valence-corrected chi connectivity index (χ1v) is 12.2. The lowest BCUT2D eigenvalue weighted by Crippen LogP contribution is -2.34. The normalized spacial score (nSPS) is 24.0. The van der Waals surface area contributed by atoms with E-state index in [0.29, 0.717) is 12.8 Å². The van der Waals surface area contributed by atoms with Gasteiger partial charge in [-0.05, 0) is 37.1 Å². The van der Waals surface area contributed by atoms with Gasteiger partial charge in [0.15, 0.2) is 12.4 Å². The molecule has 0 bridgehead atoms. The van der Waals surface area contributed by atoms with E-state index < -0.39 is 35.1 Å². The highest BCUT2D eigenvalue weighted by molar-refractivity contribution is 9.12. The maximum atomic E-state index is 13.1. The van der Waals surface area contributed by atoms with E-state index in [2.05, 4.69) is 31.9 Å². The smallest absolute Gasteiger partial charge is 0.340 e. The Morgan fingerprint density at radius 3 is 2.09 bits per heavy atom. The molecule has 0 spiro atoms. The molecule has 1 aliphatic heterocycles. The lowest BCUT2D eigenvalue weighted by molar-refractivity contribution is -0.384. The van der Waals surface area contributed by atoms with Gasteiger partial charge in [0.1, 0.15) is 0 Å². The summed E-state index contributed by atoms with van der Waals surface area (Å²) in [4.78, 5) is 62.7. The second-order valence-electron chi connectivity index (χ2n) is 8.05. The van der Waals surface area contributed by atoms with Gasteiger partial charge in [0.25, 0.3) is 5.69 Å². The summed E-state index contributed by atoms with van der Waals surface area (Å²) in [6.07, 6.45) is 0.996. The number of fused-ring (bicyclic) bond motifs is 1. The molecule has 0 radical (unpaired) electrons. The monoisotopic (exact) mass is 592 g/mol. The summed E-state index contributed by atoms with van der Waals surface area (Å²) in [5, 5.41) is 10.8. The summed E-state index contributed by atoms with van der Waals surface area (Å²) >= 11 is 7.09. The third-order valence-corrected chi connectivity index (χ3v) is 8.74. The molecular formula is C23H18Br2N2O7. The molecule has 9 nitrogen and oxygen atoms in total. The van der Waals surface area contributed by atoms with E-state index >= 15 is 0 Å². The van der Waals surface area contributed by atoms with Gasteiger partial charge in [0, 0.05) is 27.4 Å². The summed E-state index contributed by atoms with van der Waals surface area (Å²) in [5.41, 5.74) is 0.0943. The van der Waals surface area contributed by atoms with Gasteiger partial charge in [-0.25, -0.2) is 9.69 Å². The SMILES string of the molecule is O=C(COC(=O)c1ccccc1N1C(=O)[C@@H]2C[C@@H](Br)[C@@H](Br)C[C@H]2C1=O)c1ccc([N+](=O)[O-])cc1. The topological polar surface area (TPSA) is 124 Å². The number of nitrogens with zero attached hydrogens (tertiary/aromatic N) is 2. The molecule has 4 atom stereocenters. The molecule has 34 heavy (non-hydrogen) atoms. The van der Waals surface area contributed by atoms with Crippen molar-refractivity contribution in [2.75, 3.05) is 11.5 Å². The van der Waals surface area contributed by atoms with Crippen LogP contribution in [0.4, 0.5) is 11.4 Å². The number of hydrogen-bond acceptors (Lipinski definition) is 7. The van der Waals surface area contributed by atoms with Gasteiger partial charge in [-0.1, -0.05) is 44.0 Å². The largest absolute Gasteiger partial charge is 0.454 e. The number of rotatable bonds is 6. The highest BCUT2D eigenvalue weighted by atomic mass is 79.9. The fourth-order valence-corrected chi connectivity index (χ4v) is 5.47. The number of alkyl halides is 2. The van der Waals surface area contributed by atoms with Crippen molar-refractivity contribution in [2.24, 2.45) is 11.8 Å². The Kier molecular flexibility index (Phi) is 6.94. The van der Waals surface area contributed by atoms with Crippen LogP contribution in [0.25, 0.3) is 0 Å². The lowest BCUT2D eigenvalue weighted by Gasteiger charge is -2.29. The maximum absolute atomic E-state index is 13.1. The first kappa shape index (κ1) is 24.2. The van der Waals surface area contributed by atoms with Crippen LogP contribution in [0.1, 0.15) is 33.6 Å². The predicted octanol–water partition coefficient (Wildman–Crippen LogP) is 4.06. The molecule has 2 aromatic carbocycles. The number of amides is 2. The zero-order valence-corrected chi connectivity index (χ0v) is 20.7. The number of ketones is 1. The van der Waals surface area contributed by atoms with E-state index in [4.69, 9.17) is 4.74 Å². The number of carbonyl (C=O) groups is 4. The van der Waals surface area contributed by atoms with E-state index in [1.54, 1.807) is 12.1 Å². The number of carbonyl (C=O) groups excluding carboxylic acids is 4. The number of nitro benzene ring substituents is 1. The molecule has 1 saturated carbocycles. The quantitative estimate of drug-likeness (QED) is 0.123. The van der Waals surface area contributed by atoms with E-state index in [1.165, 1.54) is 36.4 Å². The molecule has 0 N–H and O–H groups in total. The van der Waals surface area contributed by atoms with Crippen LogP contribution in [0, 0.1) is 22.0 Å². The zero-order chi connectivity index (χ0) is 24.6. The number of ether oxygens (including phenoxy) is 1. The minimum Gasteiger partial charge on any atom is -0.454 e. The van der Waals surface area contributed by atoms with E-state index in [1.807, 2.05) is 0 Å². The maximum Gasteiger partial charge on any atom is 0.340 e. The van der Waals surface area contributed by atoms with Crippen LogP contribution in [0.3, 0.4) is 0 Å². The number of esters is 1. The molecule has 1 heterocycles. The van der Waals surface area contributed by atoms with Gasteiger partial charge >= 0.3 is 5.97 Å². The molecule has 11 heteroatoms. The molecule has 4 rings (SSSR count). The summed E-state index contributed by atoms with van der Waals surface area (Å²) in [7, 11) is 0. The Morgan fingerprint density at radius 2 is 1.53 bits per heavy atom. The van der Waals surface area contributed by atoms with Crippen molar-refractivity contribution >= 4 is 66.8 Å². The van der Waals surface area contributed by atoms with Gasteiger partial charge in [0.2, 0.25) is 11.8 Å². The van der Waals surface area contributed by atoms with E-state index in [9.17, 15) is 29.3 Å². The summed E-state index contributed by atoms with van der Waals surface area (Å²) in [5.74, 6) is -3.08. The zero-order valence-electron chi connectivity index (χ0n) is 17.6. The average molecular weight is 594 g/mol. The summed E-state index contributed by atoms with van der Waals surface area (Å²) < 4.78 is 5.16. The number of halogens is 2. The number of non-ortho nitro benzene ring substituents is 1. The van der Waals surface area contributed by atoms with Crippen LogP contribution in [-0.2, 0) is 14.3 Å². The Balaban J connectivity index is 1.50. The number of benzene rings is 2. The number of Topliss-reactive ketones (excluding diaryl/α,β-unsaturated/α-hetero) is 1. The molecule has 1 saturated heterocycles. The molecule has 176 valence electrons. The number of para-hydroxylation sites is 1. The van der Waals surface area contributed by atoms with E-state index in [0.717, 1.165) is 4.90 Å². The molecule has 2 amide bonds. The minimum absolute atomic E-state index is 0.00914. The second-order valence-corrected chi connectivity index (χ2v) is 10.4. The fourth-order valence-electron chi connectivity index (χ4n) is 4.24. The van der Waals surface area contributed by atoms with Crippen LogP contribution in [0.2, 0.25) is 0 Å². The number of nitro groups is 1. The first-order valence-electron chi connectivity index (χ1n) is 10.4. The molecule has 2 fully saturated rings. The van der Waals surface area contributed by atoms with Crippen molar-refractivity contribution in [3.63, 3.8) is 0 Å². The van der Waals surface area contributed by atoms with Crippen molar-refractivity contribution in [1.82, 2.24) is 0 Å². The number of imide groups is 1. The third kappa shape index (κ3) is 4.54. The van der Waals surface area contributed by atoms with Crippen molar-refractivity contribution in [1.29, 1.82) is 0 Å². The van der Waals surface area contributed by atoms with Gasteiger partial charge in [-0.3, -0.25) is 24.5 Å². The van der Waals surface area contributed by atoms with E-state index in [-0.39, 0.29) is 44.0 Å². The van der Waals surface area contributed by atoms with Crippen molar-refractivity contribution in [3.05, 3.63) is 69.8 Å². The van der Waals surface area contributed by atoms with Crippen molar-refractivity contribution in [3.8, 4) is 0 Å². The summed E-state index contributed by atoms with van der Waals surface area (Å²) in [6.45, 7) is -0.603. The molecule has 1 aliphatic carbocycles. The molecular weight excluding hydrogens is 576 g/mol. The standard InChI is InChI=1S/C23H18Br2N2O7/c24-17-9-15-16(10-18(17)25)22(30)26(21(15)29)19-4-2-1-3-14(19)23(31)34-11-20(28)12-5-7-13(8-6-12)27(32)33/h1-8,15-18H,9-11H2/t15-,16-,17-,18+/m1/s1. The molecule has 2 aromatic rings. The number of anilines is 1. The fraction of sp³-hybridized carbons (Fsp3) is 0.304. The minimum atomic E-state index is -0.863. The van der Waals surface area contributed by atoms with Crippen LogP contribution in [0.15, 0.2) is 48.5 Å². The van der Waals surface area contributed by atoms with Gasteiger partial charge in [0.05, 0.1) is 28.0 Å². The Bertz CT molecular complexity index is 1160. The molecule has 2 aliphatic rings. The van der Waals surface area contributed by atoms with Crippen molar-refractivity contribution < 1.29 is 28.8 Å². The van der Waals surface area contributed by atoms with Crippen LogP contribution < -0.4 is 4.90 Å². The lowest BCUT2D eigenvalue weighted by atomic mass is 9.81. The number of hydrogen-bond donors (Lipinski definition) is 0. The van der Waals surface area contributed by atoms with Gasteiger partial charge in [-0.15, -0.1) is 0 Å². The Labute approximate surface area is 210 Å². The Hall–Kier alpha value is -2.92. The second kappa shape index (κ2) is 9.75. The molecule has 0 aromatic heterocycles. The summed E-state index contributed by atoms with van der Waals surface area (Å²) in [6, 6.07) is 11.0. The first-order chi connectivity index (χ1) is 16.2. The third-order valence-electron chi connectivity index (χ3n) is 6.01. The highest BCUT2D eigenvalue weighted by Gasteiger charge is 2.52. The van der Waals surface area contributed by atoms with Crippen LogP contribution >= 0.6 is 31.9 Å². The predicted molar refractivity (Wildman–Crippen MR) is 128 cm³/mol. The van der Waals surface area contributed by atoms with Gasteiger partial charge in [-0.2, -0.15) is 0 Å². The van der Waals surface area contributed by atoms with Crippen molar-refractivity contribution in [2.45, 2.75) is 22.5 Å². The molecule has 0 unspecified atom stereocenters. The highest BCUT2D eigenvalue weighted by Crippen LogP contribution is 2.44. The van der Waals surface area contributed by atoms with Crippen LogP contribution in [-0.4, -0.2) is 44.8 Å². The Morgan fingerprint density at radius 1 is 0.971 bits per heavy atom. The van der Waals surface area contributed by atoms with Crippen LogP contribution in [0.5, 0.6) is 0 Å².